The monoisotopic (exact) mass is 411 g/mol. The van der Waals surface area contributed by atoms with E-state index in [1.807, 2.05) is 18.2 Å². The van der Waals surface area contributed by atoms with Crippen LogP contribution in [-0.4, -0.2) is 32.2 Å². The normalized spacial score (nSPS) is 12.3. The van der Waals surface area contributed by atoms with Gasteiger partial charge in [-0.15, -0.1) is 24.0 Å². The van der Waals surface area contributed by atoms with Gasteiger partial charge in [0, 0.05) is 18.1 Å². The molecule has 0 aliphatic heterocycles. The van der Waals surface area contributed by atoms with Crippen molar-refractivity contribution < 1.29 is 4.74 Å². The SMILES string of the molecule is CCC(C)NC(=NC)NCCOc1cccc(Cl)c1.I. The van der Waals surface area contributed by atoms with E-state index in [9.17, 15) is 0 Å². The van der Waals surface area contributed by atoms with Gasteiger partial charge in [0.2, 0.25) is 0 Å². The number of benzene rings is 1. The molecule has 1 atom stereocenters. The van der Waals surface area contributed by atoms with Crippen LogP contribution in [-0.2, 0) is 0 Å². The maximum absolute atomic E-state index is 5.88. The van der Waals surface area contributed by atoms with Gasteiger partial charge in [0.05, 0.1) is 6.54 Å². The van der Waals surface area contributed by atoms with E-state index in [4.69, 9.17) is 16.3 Å². The minimum Gasteiger partial charge on any atom is -0.492 e. The summed E-state index contributed by atoms with van der Waals surface area (Å²) in [5.41, 5.74) is 0. The standard InChI is InChI=1S/C14H22ClN3O.HI/c1-4-11(2)18-14(16-3)17-8-9-19-13-7-5-6-12(15)10-13;/h5-7,10-11H,4,8-9H2,1-3H3,(H2,16,17,18);1H. The number of nitrogens with one attached hydrogen (secondary N) is 2. The first kappa shape index (κ1) is 19.3. The van der Waals surface area contributed by atoms with Gasteiger partial charge in [0.25, 0.3) is 0 Å². The third kappa shape index (κ3) is 7.79. The van der Waals surface area contributed by atoms with Crippen LogP contribution < -0.4 is 15.4 Å². The van der Waals surface area contributed by atoms with E-state index in [-0.39, 0.29) is 24.0 Å². The zero-order valence-corrected chi connectivity index (χ0v) is 15.2. The van der Waals surface area contributed by atoms with E-state index in [1.165, 1.54) is 0 Å². The Morgan fingerprint density at radius 1 is 1.45 bits per heavy atom. The third-order valence-electron chi connectivity index (χ3n) is 2.68. The van der Waals surface area contributed by atoms with Crippen LogP contribution in [0, 0.1) is 0 Å². The molecule has 0 saturated heterocycles. The summed E-state index contributed by atoms with van der Waals surface area (Å²) in [6.07, 6.45) is 1.06. The van der Waals surface area contributed by atoms with Gasteiger partial charge in [0.15, 0.2) is 5.96 Å². The van der Waals surface area contributed by atoms with Gasteiger partial charge in [-0.1, -0.05) is 24.6 Å². The molecule has 4 nitrogen and oxygen atoms in total. The predicted molar refractivity (Wildman–Crippen MR) is 96.6 cm³/mol. The Labute approximate surface area is 143 Å². The van der Waals surface area contributed by atoms with Crippen LogP contribution >= 0.6 is 35.6 Å². The van der Waals surface area contributed by atoms with Gasteiger partial charge in [-0.3, -0.25) is 4.99 Å². The molecule has 2 N–H and O–H groups in total. The van der Waals surface area contributed by atoms with E-state index >= 15 is 0 Å². The fourth-order valence-electron chi connectivity index (χ4n) is 1.43. The second-order valence-electron chi connectivity index (χ2n) is 4.26. The quantitative estimate of drug-likeness (QED) is 0.327. The average Bonchev–Trinajstić information content (AvgIpc) is 2.42. The molecule has 114 valence electrons. The molecule has 0 spiro atoms. The third-order valence-corrected chi connectivity index (χ3v) is 2.91. The summed E-state index contributed by atoms with van der Waals surface area (Å²) in [7, 11) is 1.76. The molecule has 1 unspecified atom stereocenters. The molecule has 0 bridgehead atoms. The summed E-state index contributed by atoms with van der Waals surface area (Å²) < 4.78 is 5.58. The van der Waals surface area contributed by atoms with Crippen molar-refractivity contribution >= 4 is 41.5 Å². The fraction of sp³-hybridized carbons (Fsp3) is 0.500. The second kappa shape index (κ2) is 11.0. The van der Waals surface area contributed by atoms with Gasteiger partial charge in [0.1, 0.15) is 12.4 Å². The second-order valence-corrected chi connectivity index (χ2v) is 4.69. The first-order valence-corrected chi connectivity index (χ1v) is 6.89. The van der Waals surface area contributed by atoms with E-state index in [0.717, 1.165) is 18.1 Å². The highest BCUT2D eigenvalue weighted by Gasteiger charge is 2.02. The largest absolute Gasteiger partial charge is 0.492 e. The number of guanidine groups is 1. The number of halogens is 2. The zero-order valence-electron chi connectivity index (χ0n) is 12.1. The van der Waals surface area contributed by atoms with Crippen molar-refractivity contribution in [2.75, 3.05) is 20.2 Å². The summed E-state index contributed by atoms with van der Waals surface area (Å²) >= 11 is 5.88. The molecule has 1 rings (SSSR count). The average molecular weight is 412 g/mol. The van der Waals surface area contributed by atoms with Crippen molar-refractivity contribution in [2.24, 2.45) is 4.99 Å². The zero-order chi connectivity index (χ0) is 14.1. The predicted octanol–water partition coefficient (Wildman–Crippen LogP) is 3.30. The molecule has 0 radical (unpaired) electrons. The van der Waals surface area contributed by atoms with Crippen LogP contribution in [0.4, 0.5) is 0 Å². The minimum atomic E-state index is 0. The van der Waals surface area contributed by atoms with Crippen molar-refractivity contribution in [3.63, 3.8) is 0 Å². The molecule has 0 fully saturated rings. The summed E-state index contributed by atoms with van der Waals surface area (Å²) in [6, 6.07) is 7.78. The summed E-state index contributed by atoms with van der Waals surface area (Å²) in [5, 5.41) is 7.17. The van der Waals surface area contributed by atoms with Crippen LogP contribution in [0.3, 0.4) is 0 Å². The van der Waals surface area contributed by atoms with Crippen molar-refractivity contribution in [2.45, 2.75) is 26.3 Å². The maximum atomic E-state index is 5.88. The smallest absolute Gasteiger partial charge is 0.191 e. The van der Waals surface area contributed by atoms with Crippen LogP contribution in [0.15, 0.2) is 29.3 Å². The van der Waals surface area contributed by atoms with Gasteiger partial charge in [-0.2, -0.15) is 0 Å². The van der Waals surface area contributed by atoms with Crippen molar-refractivity contribution in [3.8, 4) is 5.75 Å². The van der Waals surface area contributed by atoms with E-state index < -0.39 is 0 Å². The molecular weight excluding hydrogens is 389 g/mol. The Balaban J connectivity index is 0.00000361. The highest BCUT2D eigenvalue weighted by Crippen LogP contribution is 2.16. The van der Waals surface area contributed by atoms with Gasteiger partial charge < -0.3 is 15.4 Å². The fourth-order valence-corrected chi connectivity index (χ4v) is 1.61. The number of hydrogen-bond acceptors (Lipinski definition) is 2. The first-order chi connectivity index (χ1) is 9.15. The molecule has 20 heavy (non-hydrogen) atoms. The lowest BCUT2D eigenvalue weighted by molar-refractivity contribution is 0.321. The number of nitrogens with zero attached hydrogens (tertiary/aromatic N) is 1. The van der Waals surface area contributed by atoms with Crippen molar-refractivity contribution in [1.82, 2.24) is 10.6 Å². The Hall–Kier alpha value is -0.690. The minimum absolute atomic E-state index is 0. The number of hydrogen-bond donors (Lipinski definition) is 2. The Morgan fingerprint density at radius 3 is 2.80 bits per heavy atom. The lowest BCUT2D eigenvalue weighted by Crippen LogP contribution is -2.43. The Morgan fingerprint density at radius 2 is 2.20 bits per heavy atom. The molecule has 0 heterocycles. The van der Waals surface area contributed by atoms with Crippen LogP contribution in [0.25, 0.3) is 0 Å². The molecule has 0 aromatic heterocycles. The molecule has 0 aliphatic carbocycles. The highest BCUT2D eigenvalue weighted by molar-refractivity contribution is 14.0. The first-order valence-electron chi connectivity index (χ1n) is 6.51. The topological polar surface area (TPSA) is 45.7 Å². The van der Waals surface area contributed by atoms with Gasteiger partial charge in [-0.05, 0) is 31.5 Å². The van der Waals surface area contributed by atoms with E-state index in [1.54, 1.807) is 13.1 Å². The van der Waals surface area contributed by atoms with Crippen LogP contribution in [0.1, 0.15) is 20.3 Å². The summed E-state index contributed by atoms with van der Waals surface area (Å²) in [4.78, 5) is 4.15. The molecule has 6 heteroatoms. The molecule has 0 saturated carbocycles. The molecular formula is C14H23ClIN3O. The Kier molecular flexibility index (Phi) is 10.6. The van der Waals surface area contributed by atoms with E-state index in [0.29, 0.717) is 24.2 Å². The maximum Gasteiger partial charge on any atom is 0.191 e. The number of rotatable bonds is 6. The number of aliphatic imine (C=N–C) groups is 1. The summed E-state index contributed by atoms with van der Waals surface area (Å²) in [5.74, 6) is 1.57. The number of ether oxygens (including phenoxy) is 1. The van der Waals surface area contributed by atoms with Gasteiger partial charge >= 0.3 is 0 Å². The van der Waals surface area contributed by atoms with Crippen LogP contribution in [0.2, 0.25) is 5.02 Å². The lowest BCUT2D eigenvalue weighted by atomic mass is 10.3. The van der Waals surface area contributed by atoms with Crippen LogP contribution in [0.5, 0.6) is 5.75 Å². The molecule has 0 aliphatic rings. The van der Waals surface area contributed by atoms with Crippen molar-refractivity contribution in [1.29, 1.82) is 0 Å². The summed E-state index contributed by atoms with van der Waals surface area (Å²) in [6.45, 7) is 5.49. The van der Waals surface area contributed by atoms with Gasteiger partial charge in [-0.25, -0.2) is 0 Å². The highest BCUT2D eigenvalue weighted by atomic mass is 127. The molecule has 0 amide bonds. The Bertz CT molecular complexity index is 415. The lowest BCUT2D eigenvalue weighted by Gasteiger charge is -2.16. The van der Waals surface area contributed by atoms with Crippen molar-refractivity contribution in [3.05, 3.63) is 29.3 Å². The van der Waals surface area contributed by atoms with E-state index in [2.05, 4.69) is 29.5 Å². The molecule has 1 aromatic carbocycles. The molecule has 1 aromatic rings.